The molecule has 0 heterocycles. The van der Waals surface area contributed by atoms with Crippen LogP contribution < -0.4 is 11.1 Å². The van der Waals surface area contributed by atoms with E-state index in [-0.39, 0.29) is 12.5 Å². The molecule has 5 nitrogen and oxygen atoms in total. The van der Waals surface area contributed by atoms with E-state index in [4.69, 9.17) is 10.5 Å². The van der Waals surface area contributed by atoms with Crippen LogP contribution >= 0.6 is 0 Å². The van der Waals surface area contributed by atoms with E-state index in [2.05, 4.69) is 41.7 Å². The molecule has 0 radical (unpaired) electrons. The fourth-order valence-electron chi connectivity index (χ4n) is 3.80. The Hall–Kier alpha value is -2.99. The summed E-state index contributed by atoms with van der Waals surface area (Å²) in [6.45, 7) is 0.991. The van der Waals surface area contributed by atoms with Gasteiger partial charge >= 0.3 is 0 Å². The summed E-state index contributed by atoms with van der Waals surface area (Å²) in [5, 5.41) is 13.2. The third-order valence-corrected chi connectivity index (χ3v) is 5.45. The smallest absolute Gasteiger partial charge is 0.220 e. The summed E-state index contributed by atoms with van der Waals surface area (Å²) in [6, 6.07) is 30.4. The van der Waals surface area contributed by atoms with Gasteiger partial charge in [0.25, 0.3) is 0 Å². The molecule has 3 rings (SSSR count). The first-order valence-electron chi connectivity index (χ1n) is 11.1. The fraction of sp³-hybridized carbons (Fsp3) is 0.296. The zero-order valence-electron chi connectivity index (χ0n) is 18.3. The van der Waals surface area contributed by atoms with Crippen molar-refractivity contribution in [3.05, 3.63) is 108 Å². The quantitative estimate of drug-likeness (QED) is 0.382. The molecular weight excluding hydrogens is 400 g/mol. The van der Waals surface area contributed by atoms with Crippen molar-refractivity contribution in [3.63, 3.8) is 0 Å². The van der Waals surface area contributed by atoms with Crippen LogP contribution in [0.4, 0.5) is 0 Å². The minimum absolute atomic E-state index is 0.0948. The van der Waals surface area contributed by atoms with E-state index in [1.54, 1.807) is 0 Å². The highest BCUT2D eigenvalue weighted by Crippen LogP contribution is 2.40. The monoisotopic (exact) mass is 432 g/mol. The zero-order chi connectivity index (χ0) is 22.7. The largest absolute Gasteiger partial charge is 0.391 e. The number of amides is 1. The molecule has 0 bridgehead atoms. The number of hydrogen-bond donors (Lipinski definition) is 3. The van der Waals surface area contributed by atoms with Gasteiger partial charge in [-0.2, -0.15) is 0 Å². The molecule has 168 valence electrons. The summed E-state index contributed by atoms with van der Waals surface area (Å²) in [7, 11) is 0. The molecular formula is C27H32N2O3. The Kier molecular flexibility index (Phi) is 8.99. The first-order chi connectivity index (χ1) is 15.7. The van der Waals surface area contributed by atoms with Crippen LogP contribution in [-0.4, -0.2) is 36.8 Å². The topological polar surface area (TPSA) is 84.6 Å². The van der Waals surface area contributed by atoms with E-state index in [0.717, 1.165) is 16.7 Å². The van der Waals surface area contributed by atoms with Crippen LogP contribution in [0.5, 0.6) is 0 Å². The Morgan fingerprint density at radius 1 is 0.875 bits per heavy atom. The number of hydrogen-bond acceptors (Lipinski definition) is 4. The zero-order valence-corrected chi connectivity index (χ0v) is 18.3. The molecule has 0 unspecified atom stereocenters. The summed E-state index contributed by atoms with van der Waals surface area (Å²) in [6.07, 6.45) is 0.708. The molecule has 0 saturated heterocycles. The van der Waals surface area contributed by atoms with Gasteiger partial charge in [0.05, 0.1) is 12.7 Å². The first kappa shape index (κ1) is 23.7. The molecule has 32 heavy (non-hydrogen) atoms. The lowest BCUT2D eigenvalue weighted by molar-refractivity contribution is -0.121. The Bertz CT molecular complexity index is 836. The number of rotatable bonds is 12. The van der Waals surface area contributed by atoms with E-state index in [1.807, 2.05) is 54.6 Å². The summed E-state index contributed by atoms with van der Waals surface area (Å²) >= 11 is 0. The molecule has 0 fully saturated rings. The van der Waals surface area contributed by atoms with Crippen molar-refractivity contribution in [2.24, 2.45) is 5.73 Å². The Morgan fingerprint density at radius 2 is 1.34 bits per heavy atom. The predicted molar refractivity (Wildman–Crippen MR) is 127 cm³/mol. The van der Waals surface area contributed by atoms with E-state index in [1.165, 1.54) is 0 Å². The fourth-order valence-corrected chi connectivity index (χ4v) is 3.80. The third-order valence-electron chi connectivity index (χ3n) is 5.45. The maximum absolute atomic E-state index is 11.8. The van der Waals surface area contributed by atoms with Gasteiger partial charge in [-0.05, 0) is 36.1 Å². The molecule has 4 N–H and O–H groups in total. The number of nitrogens with two attached hydrogens (primary N) is 1. The average molecular weight is 433 g/mol. The van der Waals surface area contributed by atoms with E-state index in [9.17, 15) is 9.90 Å². The molecule has 1 amide bonds. The second-order valence-electron chi connectivity index (χ2n) is 7.77. The molecule has 0 aromatic heterocycles. The van der Waals surface area contributed by atoms with Crippen LogP contribution in [0.2, 0.25) is 0 Å². The third kappa shape index (κ3) is 6.04. The van der Waals surface area contributed by atoms with Gasteiger partial charge < -0.3 is 20.9 Å². The summed E-state index contributed by atoms with van der Waals surface area (Å²) in [5.41, 5.74) is 7.67. The number of aliphatic hydroxyl groups is 1. The molecule has 0 aliphatic rings. The molecule has 0 aliphatic heterocycles. The normalized spacial score (nSPS) is 12.3. The Labute approximate surface area is 190 Å². The number of benzene rings is 3. The minimum atomic E-state index is -0.812. The summed E-state index contributed by atoms with van der Waals surface area (Å²) in [5.74, 6) is -0.0948. The molecule has 1 atom stereocenters. The average Bonchev–Trinajstić information content (AvgIpc) is 2.86. The van der Waals surface area contributed by atoms with Gasteiger partial charge in [0.15, 0.2) is 0 Å². The van der Waals surface area contributed by atoms with Gasteiger partial charge in [-0.3, -0.25) is 4.79 Å². The van der Waals surface area contributed by atoms with Gasteiger partial charge in [0.1, 0.15) is 5.60 Å². The summed E-state index contributed by atoms with van der Waals surface area (Å²) in [4.78, 5) is 11.8. The SMILES string of the molecule is NCCCC(=O)NC[C@H](O)CCOC(c1ccccc1)(c1ccccc1)c1ccccc1. The highest BCUT2D eigenvalue weighted by atomic mass is 16.5. The number of aliphatic hydroxyl groups excluding tert-OH is 1. The number of carbonyl (C=O) groups is 1. The van der Waals surface area contributed by atoms with Crippen molar-refractivity contribution in [1.82, 2.24) is 5.32 Å². The maximum Gasteiger partial charge on any atom is 0.220 e. The van der Waals surface area contributed by atoms with Gasteiger partial charge in [-0.15, -0.1) is 0 Å². The van der Waals surface area contributed by atoms with Crippen molar-refractivity contribution < 1.29 is 14.6 Å². The molecule has 3 aromatic carbocycles. The van der Waals surface area contributed by atoms with Crippen LogP contribution in [0.25, 0.3) is 0 Å². The van der Waals surface area contributed by atoms with Crippen molar-refractivity contribution >= 4 is 5.91 Å². The number of nitrogens with one attached hydrogen (secondary N) is 1. The van der Waals surface area contributed by atoms with Crippen LogP contribution in [0, 0.1) is 0 Å². The van der Waals surface area contributed by atoms with E-state index < -0.39 is 11.7 Å². The van der Waals surface area contributed by atoms with Crippen LogP contribution in [-0.2, 0) is 15.1 Å². The number of ether oxygens (including phenoxy) is 1. The van der Waals surface area contributed by atoms with E-state index in [0.29, 0.717) is 32.4 Å². The van der Waals surface area contributed by atoms with Gasteiger partial charge in [-0.25, -0.2) is 0 Å². The summed E-state index contributed by atoms with van der Waals surface area (Å²) < 4.78 is 6.64. The van der Waals surface area contributed by atoms with Gasteiger partial charge in [0.2, 0.25) is 5.91 Å². The van der Waals surface area contributed by atoms with Gasteiger partial charge in [0, 0.05) is 13.0 Å². The number of carbonyl (C=O) groups excluding carboxylic acids is 1. The van der Waals surface area contributed by atoms with Crippen molar-refractivity contribution in [1.29, 1.82) is 0 Å². The lowest BCUT2D eigenvalue weighted by Crippen LogP contribution is -2.36. The van der Waals surface area contributed by atoms with Gasteiger partial charge in [-0.1, -0.05) is 91.0 Å². The highest BCUT2D eigenvalue weighted by molar-refractivity contribution is 5.75. The second kappa shape index (κ2) is 12.2. The Morgan fingerprint density at radius 3 is 1.78 bits per heavy atom. The Balaban J connectivity index is 1.80. The van der Waals surface area contributed by atoms with E-state index >= 15 is 0 Å². The standard InChI is InChI=1S/C27H32N2O3/c28-19-10-17-26(31)29-21-25(30)18-20-32-27(22-11-4-1-5-12-22,23-13-6-2-7-14-23)24-15-8-3-9-16-24/h1-9,11-16,25,30H,10,17-21,28H2,(H,29,31)/t25-/m1/s1. The van der Waals surface area contributed by atoms with Crippen LogP contribution in [0.1, 0.15) is 36.0 Å². The maximum atomic E-state index is 11.8. The molecule has 0 aliphatic carbocycles. The molecule has 0 spiro atoms. The van der Waals surface area contributed by atoms with Crippen LogP contribution in [0.3, 0.4) is 0 Å². The van der Waals surface area contributed by atoms with Crippen molar-refractivity contribution in [2.45, 2.75) is 31.0 Å². The first-order valence-corrected chi connectivity index (χ1v) is 11.1. The molecule has 3 aromatic rings. The molecule has 5 heteroatoms. The van der Waals surface area contributed by atoms with Crippen LogP contribution in [0.15, 0.2) is 91.0 Å². The highest BCUT2D eigenvalue weighted by Gasteiger charge is 2.37. The molecule has 0 saturated carbocycles. The predicted octanol–water partition coefficient (Wildman–Crippen LogP) is 3.60. The van der Waals surface area contributed by atoms with Crippen molar-refractivity contribution in [2.75, 3.05) is 19.7 Å². The second-order valence-corrected chi connectivity index (χ2v) is 7.77. The lowest BCUT2D eigenvalue weighted by atomic mass is 9.80. The van der Waals surface area contributed by atoms with Crippen molar-refractivity contribution in [3.8, 4) is 0 Å². The minimum Gasteiger partial charge on any atom is -0.391 e. The lowest BCUT2D eigenvalue weighted by Gasteiger charge is -2.36.